The molecule has 0 saturated heterocycles. The van der Waals surface area contributed by atoms with Gasteiger partial charge in [0.15, 0.2) is 0 Å². The van der Waals surface area contributed by atoms with Crippen molar-refractivity contribution in [2.45, 2.75) is 25.6 Å². The fourth-order valence-corrected chi connectivity index (χ4v) is 2.18. The van der Waals surface area contributed by atoms with Gasteiger partial charge in [-0.1, -0.05) is 12.1 Å². The maximum Gasteiger partial charge on any atom is 0.573 e. The summed E-state index contributed by atoms with van der Waals surface area (Å²) >= 11 is 0. The standard InChI is InChI=1S/C13H11F3N4O5/c14-13(15,16)25-9-3-1-2-8(4-9)6-23-10-5-19-12(24-7-10)17-11(18-19)20(21)22/h1-4,10H,5-7H2/t10-/m1/s1. The van der Waals surface area contributed by atoms with E-state index in [0.29, 0.717) is 5.56 Å². The Kier molecular flexibility index (Phi) is 4.44. The van der Waals surface area contributed by atoms with Crippen molar-refractivity contribution in [1.29, 1.82) is 0 Å². The minimum absolute atomic E-state index is 0.00913. The lowest BCUT2D eigenvalue weighted by Crippen LogP contribution is -2.32. The molecule has 25 heavy (non-hydrogen) atoms. The number of halogens is 3. The van der Waals surface area contributed by atoms with Crippen molar-refractivity contribution in [3.05, 3.63) is 39.9 Å². The molecule has 0 N–H and O–H groups in total. The van der Waals surface area contributed by atoms with Gasteiger partial charge in [0.05, 0.1) is 13.2 Å². The fourth-order valence-electron chi connectivity index (χ4n) is 2.18. The minimum atomic E-state index is -4.77. The molecule has 1 atom stereocenters. The average molecular weight is 360 g/mol. The highest BCUT2D eigenvalue weighted by atomic mass is 19.4. The summed E-state index contributed by atoms with van der Waals surface area (Å²) in [5, 5.41) is 14.3. The van der Waals surface area contributed by atoms with Gasteiger partial charge in [0, 0.05) is 5.10 Å². The van der Waals surface area contributed by atoms with E-state index >= 15 is 0 Å². The van der Waals surface area contributed by atoms with E-state index in [1.807, 2.05) is 0 Å². The highest BCUT2D eigenvalue weighted by Crippen LogP contribution is 2.24. The lowest BCUT2D eigenvalue weighted by atomic mass is 10.2. The first-order valence-corrected chi connectivity index (χ1v) is 6.98. The Morgan fingerprint density at radius 2 is 2.24 bits per heavy atom. The van der Waals surface area contributed by atoms with E-state index in [1.165, 1.54) is 22.9 Å². The van der Waals surface area contributed by atoms with Crippen LogP contribution in [-0.4, -0.2) is 38.8 Å². The highest BCUT2D eigenvalue weighted by molar-refractivity contribution is 5.28. The normalized spacial score (nSPS) is 16.8. The highest BCUT2D eigenvalue weighted by Gasteiger charge is 2.32. The molecule has 134 valence electrons. The molecule has 0 radical (unpaired) electrons. The summed E-state index contributed by atoms with van der Waals surface area (Å²) in [4.78, 5) is 13.5. The number of nitro groups is 1. The largest absolute Gasteiger partial charge is 0.573 e. The Hall–Kier alpha value is -2.89. The van der Waals surface area contributed by atoms with Crippen LogP contribution >= 0.6 is 0 Å². The molecule has 0 bridgehead atoms. The smallest absolute Gasteiger partial charge is 0.448 e. The maximum atomic E-state index is 12.2. The van der Waals surface area contributed by atoms with Gasteiger partial charge in [0.25, 0.3) is 0 Å². The SMILES string of the molecule is O=[N+]([O-])c1nc2n(n1)C[C@@H](OCc1cccc(OC(F)(F)F)c1)CO2. The Morgan fingerprint density at radius 1 is 1.44 bits per heavy atom. The number of alkyl halides is 3. The number of nitrogens with zero attached hydrogens (tertiary/aromatic N) is 4. The number of ether oxygens (including phenoxy) is 3. The van der Waals surface area contributed by atoms with Crippen LogP contribution < -0.4 is 9.47 Å². The van der Waals surface area contributed by atoms with Crippen LogP contribution in [-0.2, 0) is 17.9 Å². The molecule has 0 spiro atoms. The molecular formula is C13H11F3N4O5. The van der Waals surface area contributed by atoms with Gasteiger partial charge in [0.1, 0.15) is 18.5 Å². The Bertz CT molecular complexity index is 779. The molecule has 1 aromatic heterocycles. The monoisotopic (exact) mass is 360 g/mol. The first-order valence-electron chi connectivity index (χ1n) is 6.98. The topological polar surface area (TPSA) is 102 Å². The minimum Gasteiger partial charge on any atom is -0.448 e. The second kappa shape index (κ2) is 6.55. The van der Waals surface area contributed by atoms with E-state index in [2.05, 4.69) is 14.8 Å². The van der Waals surface area contributed by atoms with E-state index in [-0.39, 0.29) is 31.5 Å². The summed E-state index contributed by atoms with van der Waals surface area (Å²) in [5.41, 5.74) is 0.470. The van der Waals surface area contributed by atoms with Crippen molar-refractivity contribution in [3.8, 4) is 11.8 Å². The molecule has 12 heteroatoms. The molecule has 3 rings (SSSR count). The van der Waals surface area contributed by atoms with E-state index in [9.17, 15) is 23.3 Å². The lowest BCUT2D eigenvalue weighted by molar-refractivity contribution is -0.394. The van der Waals surface area contributed by atoms with E-state index < -0.39 is 23.3 Å². The average Bonchev–Trinajstić information content (AvgIpc) is 2.95. The molecular weight excluding hydrogens is 349 g/mol. The third kappa shape index (κ3) is 4.35. The number of hydrogen-bond donors (Lipinski definition) is 0. The number of fused-ring (bicyclic) bond motifs is 1. The zero-order valence-electron chi connectivity index (χ0n) is 12.5. The Morgan fingerprint density at radius 3 is 2.96 bits per heavy atom. The van der Waals surface area contributed by atoms with Crippen LogP contribution in [0.2, 0.25) is 0 Å². The van der Waals surface area contributed by atoms with E-state index in [0.717, 1.165) is 0 Å². The van der Waals surface area contributed by atoms with Gasteiger partial charge < -0.3 is 24.3 Å². The quantitative estimate of drug-likeness (QED) is 0.594. The maximum absolute atomic E-state index is 12.2. The van der Waals surface area contributed by atoms with Gasteiger partial charge in [-0.15, -0.1) is 17.9 Å². The molecule has 0 aliphatic carbocycles. The summed E-state index contributed by atoms with van der Waals surface area (Å²) in [7, 11) is 0. The third-order valence-electron chi connectivity index (χ3n) is 3.18. The first-order chi connectivity index (χ1) is 11.8. The zero-order valence-corrected chi connectivity index (χ0v) is 12.5. The Labute approximate surface area is 138 Å². The lowest BCUT2D eigenvalue weighted by Gasteiger charge is -2.20. The van der Waals surface area contributed by atoms with Gasteiger partial charge in [-0.25, -0.2) is 0 Å². The van der Waals surface area contributed by atoms with Gasteiger partial charge in [0.2, 0.25) is 0 Å². The second-order valence-electron chi connectivity index (χ2n) is 5.07. The van der Waals surface area contributed by atoms with Crippen LogP contribution in [0.4, 0.5) is 19.1 Å². The zero-order chi connectivity index (χ0) is 18.0. The Balaban J connectivity index is 1.59. The molecule has 9 nitrogen and oxygen atoms in total. The van der Waals surface area contributed by atoms with Gasteiger partial charge in [-0.05, 0) is 27.6 Å². The van der Waals surface area contributed by atoms with E-state index in [4.69, 9.17) is 9.47 Å². The van der Waals surface area contributed by atoms with Crippen molar-refractivity contribution in [2.24, 2.45) is 0 Å². The summed E-state index contributed by atoms with van der Waals surface area (Å²) in [5.74, 6) is -0.921. The summed E-state index contributed by atoms with van der Waals surface area (Å²) < 4.78 is 52.5. The number of benzene rings is 1. The van der Waals surface area contributed by atoms with Gasteiger partial charge >= 0.3 is 18.3 Å². The van der Waals surface area contributed by atoms with Crippen LogP contribution in [0.25, 0.3) is 0 Å². The van der Waals surface area contributed by atoms with Crippen LogP contribution in [0.15, 0.2) is 24.3 Å². The predicted octanol–water partition coefficient (Wildman–Crippen LogP) is 2.06. The fraction of sp³-hybridized carbons (Fsp3) is 0.385. The molecule has 2 heterocycles. The molecule has 1 aromatic carbocycles. The van der Waals surface area contributed by atoms with Crippen molar-refractivity contribution in [3.63, 3.8) is 0 Å². The van der Waals surface area contributed by atoms with Crippen molar-refractivity contribution in [1.82, 2.24) is 14.8 Å². The molecule has 0 fully saturated rings. The number of aromatic nitrogens is 3. The van der Waals surface area contributed by atoms with Gasteiger partial charge in [-0.2, -0.15) is 0 Å². The predicted molar refractivity (Wildman–Crippen MR) is 73.9 cm³/mol. The van der Waals surface area contributed by atoms with Crippen molar-refractivity contribution in [2.75, 3.05) is 6.61 Å². The molecule has 0 unspecified atom stereocenters. The van der Waals surface area contributed by atoms with Crippen LogP contribution in [0, 0.1) is 10.1 Å². The van der Waals surface area contributed by atoms with Crippen molar-refractivity contribution < 1.29 is 32.3 Å². The van der Waals surface area contributed by atoms with Gasteiger partial charge in [-0.3, -0.25) is 0 Å². The van der Waals surface area contributed by atoms with Crippen LogP contribution in [0.5, 0.6) is 11.8 Å². The summed E-state index contributed by atoms with van der Waals surface area (Å²) in [6, 6.07) is 5.41. The summed E-state index contributed by atoms with van der Waals surface area (Å²) in [6.07, 6.45) is -5.25. The third-order valence-corrected chi connectivity index (χ3v) is 3.18. The molecule has 2 aromatic rings. The second-order valence-corrected chi connectivity index (χ2v) is 5.07. The number of hydrogen-bond acceptors (Lipinski definition) is 7. The van der Waals surface area contributed by atoms with E-state index in [1.54, 1.807) is 6.07 Å². The molecule has 1 aliphatic heterocycles. The van der Waals surface area contributed by atoms with Crippen molar-refractivity contribution >= 4 is 5.95 Å². The molecule has 0 saturated carbocycles. The van der Waals surface area contributed by atoms with Crippen LogP contribution in [0.1, 0.15) is 5.56 Å². The molecule has 1 aliphatic rings. The molecule has 0 amide bonds. The first kappa shape index (κ1) is 17.0. The summed E-state index contributed by atoms with van der Waals surface area (Å²) in [6.45, 7) is 0.277. The number of rotatable bonds is 5. The van der Waals surface area contributed by atoms with Crippen LogP contribution in [0.3, 0.4) is 0 Å².